The number of benzene rings is 2. The number of hydrogen-bond acceptors (Lipinski definition) is 3. The molecule has 2 rings (SSSR count). The van der Waals surface area contributed by atoms with Crippen molar-refractivity contribution in [3.63, 3.8) is 0 Å². The van der Waals surface area contributed by atoms with Crippen LogP contribution in [-0.2, 0) is 22.6 Å². The van der Waals surface area contributed by atoms with Gasteiger partial charge in [-0.1, -0.05) is 48.3 Å². The summed E-state index contributed by atoms with van der Waals surface area (Å²) >= 11 is 12.3. The molecule has 0 aromatic heterocycles. The Morgan fingerprint density at radius 3 is 2.41 bits per heavy atom. The smallest absolute Gasteiger partial charge is 0.242 e. The van der Waals surface area contributed by atoms with Crippen molar-refractivity contribution in [2.45, 2.75) is 39.3 Å². The Hall–Kier alpha value is -2.24. The summed E-state index contributed by atoms with van der Waals surface area (Å²) in [7, 11) is 1.59. The van der Waals surface area contributed by atoms with E-state index < -0.39 is 6.04 Å². The fourth-order valence-electron chi connectivity index (χ4n) is 2.83. The fourth-order valence-corrected chi connectivity index (χ4v) is 3.30. The van der Waals surface area contributed by atoms with E-state index in [4.69, 9.17) is 27.9 Å². The first-order valence-corrected chi connectivity index (χ1v) is 10.2. The van der Waals surface area contributed by atoms with Gasteiger partial charge in [0.25, 0.3) is 0 Å². The van der Waals surface area contributed by atoms with Crippen LogP contribution in [0.2, 0.25) is 10.0 Å². The number of halogens is 2. The van der Waals surface area contributed by atoms with Crippen molar-refractivity contribution in [2.75, 3.05) is 13.7 Å². The Bertz CT molecular complexity index is 840. The van der Waals surface area contributed by atoms with Crippen molar-refractivity contribution in [1.82, 2.24) is 10.2 Å². The van der Waals surface area contributed by atoms with Crippen molar-refractivity contribution in [2.24, 2.45) is 0 Å². The summed E-state index contributed by atoms with van der Waals surface area (Å²) in [5, 5.41) is 3.83. The zero-order valence-corrected chi connectivity index (χ0v) is 18.4. The molecule has 2 aromatic rings. The Morgan fingerprint density at radius 2 is 1.83 bits per heavy atom. The quantitative estimate of drug-likeness (QED) is 0.629. The lowest BCUT2D eigenvalue weighted by Gasteiger charge is -2.29. The van der Waals surface area contributed by atoms with Crippen LogP contribution < -0.4 is 10.1 Å². The van der Waals surface area contributed by atoms with Crippen LogP contribution in [0, 0.1) is 0 Å². The molecule has 0 radical (unpaired) electrons. The van der Waals surface area contributed by atoms with Gasteiger partial charge in [0.2, 0.25) is 11.8 Å². The van der Waals surface area contributed by atoms with Gasteiger partial charge in [0.15, 0.2) is 0 Å². The van der Waals surface area contributed by atoms with Crippen molar-refractivity contribution in [3.8, 4) is 5.75 Å². The molecule has 1 atom stereocenters. The van der Waals surface area contributed by atoms with Gasteiger partial charge in [-0.15, -0.1) is 0 Å². The molecule has 0 aliphatic carbocycles. The monoisotopic (exact) mass is 436 g/mol. The highest BCUT2D eigenvalue weighted by atomic mass is 35.5. The molecule has 29 heavy (non-hydrogen) atoms. The van der Waals surface area contributed by atoms with Gasteiger partial charge in [0.05, 0.1) is 13.5 Å². The van der Waals surface area contributed by atoms with E-state index in [0.717, 1.165) is 23.3 Å². The second-order valence-electron chi connectivity index (χ2n) is 6.75. The molecule has 1 N–H and O–H groups in total. The molecular weight excluding hydrogens is 411 g/mol. The second-order valence-corrected chi connectivity index (χ2v) is 7.59. The summed E-state index contributed by atoms with van der Waals surface area (Å²) in [5.41, 5.74) is 1.57. The van der Waals surface area contributed by atoms with E-state index in [2.05, 4.69) is 5.32 Å². The SMILES string of the molecule is CCCNC(=O)[C@H](C)N(Cc1ccc(Cl)cc1Cl)C(=O)Cc1ccc(OC)cc1. The van der Waals surface area contributed by atoms with Crippen LogP contribution in [0.4, 0.5) is 0 Å². The molecular formula is C22H26Cl2N2O3. The topological polar surface area (TPSA) is 58.6 Å². The van der Waals surface area contributed by atoms with Gasteiger partial charge in [0.1, 0.15) is 11.8 Å². The van der Waals surface area contributed by atoms with Gasteiger partial charge in [-0.3, -0.25) is 9.59 Å². The molecule has 7 heteroatoms. The van der Waals surface area contributed by atoms with Crippen LogP contribution in [0.25, 0.3) is 0 Å². The zero-order chi connectivity index (χ0) is 21.4. The molecule has 0 fully saturated rings. The average molecular weight is 437 g/mol. The number of carbonyl (C=O) groups excluding carboxylic acids is 2. The lowest BCUT2D eigenvalue weighted by atomic mass is 10.1. The van der Waals surface area contributed by atoms with E-state index in [1.807, 2.05) is 19.1 Å². The Labute approximate surface area is 181 Å². The maximum absolute atomic E-state index is 13.1. The molecule has 156 valence electrons. The minimum Gasteiger partial charge on any atom is -0.497 e. The minimum atomic E-state index is -0.640. The Morgan fingerprint density at radius 1 is 1.14 bits per heavy atom. The molecule has 0 heterocycles. The van der Waals surface area contributed by atoms with E-state index in [-0.39, 0.29) is 24.8 Å². The van der Waals surface area contributed by atoms with Crippen molar-refractivity contribution in [1.29, 1.82) is 0 Å². The number of methoxy groups -OCH3 is 1. The summed E-state index contributed by atoms with van der Waals surface area (Å²) in [4.78, 5) is 27.2. The first kappa shape index (κ1) is 23.0. The average Bonchev–Trinajstić information content (AvgIpc) is 2.71. The predicted octanol–water partition coefficient (Wildman–Crippen LogP) is 4.49. The van der Waals surface area contributed by atoms with Gasteiger partial charge < -0.3 is 15.0 Å². The number of nitrogens with zero attached hydrogens (tertiary/aromatic N) is 1. The molecule has 0 saturated heterocycles. The molecule has 0 spiro atoms. The third-order valence-electron chi connectivity index (χ3n) is 4.59. The largest absolute Gasteiger partial charge is 0.497 e. The van der Waals surface area contributed by atoms with Gasteiger partial charge in [-0.25, -0.2) is 0 Å². The number of carbonyl (C=O) groups is 2. The molecule has 5 nitrogen and oxygen atoms in total. The molecule has 0 unspecified atom stereocenters. The van der Waals surface area contributed by atoms with Crippen LogP contribution in [-0.4, -0.2) is 36.4 Å². The molecule has 0 aliphatic rings. The summed E-state index contributed by atoms with van der Waals surface area (Å²) in [6, 6.07) is 11.8. The first-order chi connectivity index (χ1) is 13.8. The Kier molecular flexibility index (Phi) is 8.80. The van der Waals surface area contributed by atoms with Crippen molar-refractivity contribution >= 4 is 35.0 Å². The summed E-state index contributed by atoms with van der Waals surface area (Å²) in [6.45, 7) is 4.48. The molecule has 2 amide bonds. The number of hydrogen-bond donors (Lipinski definition) is 1. The highest BCUT2D eigenvalue weighted by Gasteiger charge is 2.26. The number of nitrogens with one attached hydrogen (secondary N) is 1. The second kappa shape index (κ2) is 11.1. The van der Waals surface area contributed by atoms with Crippen molar-refractivity contribution in [3.05, 3.63) is 63.6 Å². The summed E-state index contributed by atoms with van der Waals surface area (Å²) in [6.07, 6.45) is 0.988. The maximum Gasteiger partial charge on any atom is 0.242 e. The Balaban J connectivity index is 2.23. The predicted molar refractivity (Wildman–Crippen MR) is 116 cm³/mol. The maximum atomic E-state index is 13.1. The number of amides is 2. The minimum absolute atomic E-state index is 0.166. The van der Waals surface area contributed by atoms with Crippen molar-refractivity contribution < 1.29 is 14.3 Å². The van der Waals surface area contributed by atoms with E-state index >= 15 is 0 Å². The number of ether oxygens (including phenoxy) is 1. The van der Waals surface area contributed by atoms with E-state index in [1.54, 1.807) is 49.3 Å². The first-order valence-electron chi connectivity index (χ1n) is 9.49. The summed E-state index contributed by atoms with van der Waals surface area (Å²) < 4.78 is 5.16. The standard InChI is InChI=1S/C22H26Cl2N2O3/c1-4-11-25-22(28)15(2)26(14-17-7-8-18(23)13-20(17)24)21(27)12-16-5-9-19(29-3)10-6-16/h5-10,13,15H,4,11-12,14H2,1-3H3,(H,25,28)/t15-/m0/s1. The van der Waals surface area contributed by atoms with Crippen LogP contribution in [0.5, 0.6) is 5.75 Å². The highest BCUT2D eigenvalue weighted by molar-refractivity contribution is 6.35. The lowest BCUT2D eigenvalue weighted by molar-refractivity contribution is -0.140. The normalized spacial score (nSPS) is 11.6. The third-order valence-corrected chi connectivity index (χ3v) is 5.17. The van der Waals surface area contributed by atoms with Gasteiger partial charge in [-0.2, -0.15) is 0 Å². The molecule has 0 aliphatic heterocycles. The molecule has 2 aromatic carbocycles. The molecule has 0 saturated carbocycles. The zero-order valence-electron chi connectivity index (χ0n) is 16.9. The van der Waals surface area contributed by atoms with Crippen LogP contribution >= 0.6 is 23.2 Å². The molecule has 0 bridgehead atoms. The van der Waals surface area contributed by atoms with Gasteiger partial charge in [-0.05, 0) is 48.7 Å². The fraction of sp³-hybridized carbons (Fsp3) is 0.364. The lowest BCUT2D eigenvalue weighted by Crippen LogP contribution is -2.48. The summed E-state index contributed by atoms with van der Waals surface area (Å²) in [5.74, 6) is 0.360. The van der Waals surface area contributed by atoms with Crippen LogP contribution in [0.1, 0.15) is 31.4 Å². The van der Waals surface area contributed by atoms with E-state index in [1.165, 1.54) is 0 Å². The third kappa shape index (κ3) is 6.65. The van der Waals surface area contributed by atoms with Crippen LogP contribution in [0.3, 0.4) is 0 Å². The highest BCUT2D eigenvalue weighted by Crippen LogP contribution is 2.24. The van der Waals surface area contributed by atoms with E-state index in [9.17, 15) is 9.59 Å². The van der Waals surface area contributed by atoms with Gasteiger partial charge in [0, 0.05) is 23.1 Å². The van der Waals surface area contributed by atoms with E-state index in [0.29, 0.717) is 16.6 Å². The van der Waals surface area contributed by atoms with Crippen LogP contribution in [0.15, 0.2) is 42.5 Å². The number of rotatable bonds is 9. The van der Waals surface area contributed by atoms with Gasteiger partial charge >= 0.3 is 0 Å².